The molecule has 1 aromatic rings. The number of carbonyl (C=O) groups is 1. The van der Waals surface area contributed by atoms with Gasteiger partial charge in [0.2, 0.25) is 5.91 Å². The number of benzene rings is 1. The summed E-state index contributed by atoms with van der Waals surface area (Å²) in [5.74, 6) is 1.37. The van der Waals surface area contributed by atoms with E-state index in [1.54, 1.807) is 0 Å². The molecule has 0 saturated carbocycles. The van der Waals surface area contributed by atoms with Crippen LogP contribution in [0.25, 0.3) is 0 Å². The smallest absolute Gasteiger partial charge is 0.222 e. The molecule has 28 heavy (non-hydrogen) atoms. The van der Waals surface area contributed by atoms with Crippen molar-refractivity contribution in [2.24, 2.45) is 0 Å². The number of amides is 1. The first-order valence-corrected chi connectivity index (χ1v) is 11.0. The Labute approximate surface area is 169 Å². The van der Waals surface area contributed by atoms with Crippen molar-refractivity contribution >= 4 is 5.91 Å². The van der Waals surface area contributed by atoms with Crippen LogP contribution in [0.4, 0.5) is 0 Å². The summed E-state index contributed by atoms with van der Waals surface area (Å²) in [4.78, 5) is 19.2. The van der Waals surface area contributed by atoms with E-state index in [1.807, 2.05) is 11.9 Å². The van der Waals surface area contributed by atoms with E-state index in [9.17, 15) is 4.79 Å². The van der Waals surface area contributed by atoms with Gasteiger partial charge in [0, 0.05) is 57.3 Å². The summed E-state index contributed by atoms with van der Waals surface area (Å²) >= 11 is 0. The molecule has 2 aliphatic heterocycles. The Morgan fingerprint density at radius 1 is 1.04 bits per heavy atom. The maximum atomic E-state index is 12.2. The van der Waals surface area contributed by atoms with Crippen molar-refractivity contribution in [3.63, 3.8) is 0 Å². The predicted molar refractivity (Wildman–Crippen MR) is 112 cm³/mol. The van der Waals surface area contributed by atoms with Crippen molar-refractivity contribution in [1.29, 1.82) is 0 Å². The van der Waals surface area contributed by atoms with Gasteiger partial charge in [-0.05, 0) is 63.3 Å². The monoisotopic (exact) mass is 385 g/mol. The average molecular weight is 386 g/mol. The molecule has 2 heterocycles. The second-order valence-electron chi connectivity index (χ2n) is 8.94. The fourth-order valence-electron chi connectivity index (χ4n) is 5.28. The van der Waals surface area contributed by atoms with Crippen LogP contribution in [0.3, 0.4) is 0 Å². The molecule has 0 bridgehead atoms. The van der Waals surface area contributed by atoms with E-state index in [2.05, 4.69) is 35.9 Å². The third-order valence-electron chi connectivity index (χ3n) is 7.19. The maximum absolute atomic E-state index is 12.2. The largest absolute Gasteiger partial charge is 0.494 e. The second kappa shape index (κ2) is 8.03. The molecule has 0 radical (unpaired) electrons. The Balaban J connectivity index is 1.53. The normalized spacial score (nSPS) is 26.5. The number of carbonyl (C=O) groups excluding carboxylic acids is 1. The Kier molecular flexibility index (Phi) is 5.66. The topological polar surface area (TPSA) is 36.0 Å². The summed E-state index contributed by atoms with van der Waals surface area (Å²) in [6, 6.07) is 4.70. The zero-order chi connectivity index (χ0) is 19.7. The molecule has 0 N–H and O–H groups in total. The number of ether oxygens (including phenoxy) is 1. The first-order chi connectivity index (χ1) is 13.5. The van der Waals surface area contributed by atoms with Crippen LogP contribution >= 0.6 is 0 Å². The van der Waals surface area contributed by atoms with Crippen LogP contribution < -0.4 is 4.74 Å². The van der Waals surface area contributed by atoms with Gasteiger partial charge in [-0.25, -0.2) is 0 Å². The van der Waals surface area contributed by atoms with Crippen LogP contribution in [0.2, 0.25) is 0 Å². The highest BCUT2D eigenvalue weighted by atomic mass is 16.5. The molecule has 5 heteroatoms. The molecule has 4 rings (SSSR count). The number of hydrogen-bond acceptors (Lipinski definition) is 4. The Morgan fingerprint density at radius 3 is 2.61 bits per heavy atom. The van der Waals surface area contributed by atoms with Crippen LogP contribution in [0.15, 0.2) is 12.1 Å². The highest BCUT2D eigenvalue weighted by molar-refractivity contribution is 5.76. The van der Waals surface area contributed by atoms with E-state index in [0.29, 0.717) is 18.9 Å². The molecule has 154 valence electrons. The van der Waals surface area contributed by atoms with Crippen LogP contribution in [-0.4, -0.2) is 73.0 Å². The van der Waals surface area contributed by atoms with Gasteiger partial charge in [0.25, 0.3) is 0 Å². The fourth-order valence-corrected chi connectivity index (χ4v) is 5.28. The van der Waals surface area contributed by atoms with Crippen molar-refractivity contribution < 1.29 is 9.53 Å². The Bertz CT molecular complexity index is 735. The summed E-state index contributed by atoms with van der Waals surface area (Å²) in [5.41, 5.74) is 4.45. The highest BCUT2D eigenvalue weighted by Crippen LogP contribution is 2.35. The van der Waals surface area contributed by atoms with Gasteiger partial charge >= 0.3 is 0 Å². The summed E-state index contributed by atoms with van der Waals surface area (Å²) < 4.78 is 6.02. The van der Waals surface area contributed by atoms with E-state index in [-0.39, 0.29) is 5.54 Å². The van der Waals surface area contributed by atoms with E-state index < -0.39 is 0 Å². The van der Waals surface area contributed by atoms with Crippen molar-refractivity contribution in [3.8, 4) is 5.75 Å². The summed E-state index contributed by atoms with van der Waals surface area (Å²) in [6.45, 7) is 7.76. The molecule has 1 atom stereocenters. The zero-order valence-corrected chi connectivity index (χ0v) is 17.8. The minimum Gasteiger partial charge on any atom is -0.494 e. The summed E-state index contributed by atoms with van der Waals surface area (Å²) in [5, 5.41) is 0. The van der Waals surface area contributed by atoms with E-state index in [1.165, 1.54) is 36.0 Å². The molecule has 0 aromatic heterocycles. The minimum atomic E-state index is 0.112. The summed E-state index contributed by atoms with van der Waals surface area (Å²) in [6.07, 6.45) is 6.35. The van der Waals surface area contributed by atoms with Gasteiger partial charge in [0.15, 0.2) is 0 Å². The van der Waals surface area contributed by atoms with E-state index in [4.69, 9.17) is 4.74 Å². The molecule has 3 aliphatic rings. The van der Waals surface area contributed by atoms with Crippen LogP contribution in [0, 0.1) is 0 Å². The lowest BCUT2D eigenvalue weighted by Gasteiger charge is -2.49. The number of rotatable bonds is 4. The first kappa shape index (κ1) is 19.7. The molecular weight excluding hydrogens is 350 g/mol. The third kappa shape index (κ3) is 3.79. The Hall–Kier alpha value is -1.59. The average Bonchev–Trinajstić information content (AvgIpc) is 3.09. The first-order valence-electron chi connectivity index (χ1n) is 11.0. The SMILES string of the molecule is CCOc1cc2c(cc1CN1CCN(C)[C@]3(CCC(=O)N(C)CC3)C1)CCC2. The standard InChI is InChI=1S/C23H35N3O2/c1-4-28-21-15-19-7-5-6-18(19)14-20(21)16-26-13-12-25(3)23(17-26)9-8-22(27)24(2)11-10-23/h14-15H,4-13,16-17H2,1-3H3/t23-/m0/s1. The molecule has 2 saturated heterocycles. The highest BCUT2D eigenvalue weighted by Gasteiger charge is 2.41. The quantitative estimate of drug-likeness (QED) is 0.798. The number of aryl methyl sites for hydroxylation is 2. The fraction of sp³-hybridized carbons (Fsp3) is 0.696. The number of nitrogens with zero attached hydrogens (tertiary/aromatic N) is 3. The predicted octanol–water partition coefficient (Wildman–Crippen LogP) is 2.70. The minimum absolute atomic E-state index is 0.112. The van der Waals surface area contributed by atoms with Gasteiger partial charge in [-0.2, -0.15) is 0 Å². The van der Waals surface area contributed by atoms with Gasteiger partial charge in [-0.3, -0.25) is 14.6 Å². The lowest BCUT2D eigenvalue weighted by atomic mass is 9.86. The van der Waals surface area contributed by atoms with Crippen molar-refractivity contribution in [1.82, 2.24) is 14.7 Å². The molecule has 1 spiro atoms. The maximum Gasteiger partial charge on any atom is 0.222 e. The molecule has 2 fully saturated rings. The molecule has 0 unspecified atom stereocenters. The van der Waals surface area contributed by atoms with Crippen molar-refractivity contribution in [3.05, 3.63) is 28.8 Å². The van der Waals surface area contributed by atoms with E-state index >= 15 is 0 Å². The molecule has 5 nitrogen and oxygen atoms in total. The Morgan fingerprint density at radius 2 is 1.82 bits per heavy atom. The number of fused-ring (bicyclic) bond motifs is 1. The number of piperazine rings is 1. The van der Waals surface area contributed by atoms with Gasteiger partial charge < -0.3 is 9.64 Å². The second-order valence-corrected chi connectivity index (χ2v) is 8.94. The number of likely N-dealkylation sites (N-methyl/N-ethyl adjacent to an activating group) is 1. The number of hydrogen-bond donors (Lipinski definition) is 0. The van der Waals surface area contributed by atoms with Gasteiger partial charge in [-0.1, -0.05) is 6.07 Å². The van der Waals surface area contributed by atoms with Gasteiger partial charge in [0.1, 0.15) is 5.75 Å². The molecule has 1 amide bonds. The molecular formula is C23H35N3O2. The van der Waals surface area contributed by atoms with Gasteiger partial charge in [-0.15, -0.1) is 0 Å². The lowest BCUT2D eigenvalue weighted by Crippen LogP contribution is -2.60. The number of likely N-dealkylation sites (tertiary alicyclic amines) is 1. The van der Waals surface area contributed by atoms with Crippen molar-refractivity contribution in [2.75, 3.05) is 46.9 Å². The van der Waals surface area contributed by atoms with Crippen molar-refractivity contribution in [2.45, 2.75) is 57.5 Å². The molecule has 1 aliphatic carbocycles. The van der Waals surface area contributed by atoms with Crippen LogP contribution in [0.5, 0.6) is 5.75 Å². The third-order valence-corrected chi connectivity index (χ3v) is 7.19. The lowest BCUT2D eigenvalue weighted by molar-refractivity contribution is -0.129. The zero-order valence-electron chi connectivity index (χ0n) is 17.8. The van der Waals surface area contributed by atoms with Crippen LogP contribution in [0.1, 0.15) is 49.3 Å². The van der Waals surface area contributed by atoms with Crippen LogP contribution in [-0.2, 0) is 24.2 Å². The van der Waals surface area contributed by atoms with Gasteiger partial charge in [0.05, 0.1) is 6.61 Å². The summed E-state index contributed by atoms with van der Waals surface area (Å²) in [7, 11) is 4.19. The molecule has 1 aromatic carbocycles. The van der Waals surface area contributed by atoms with E-state index in [0.717, 1.165) is 51.3 Å².